The molecule has 8 nitrogen and oxygen atoms in total. The van der Waals surface area contributed by atoms with Crippen molar-refractivity contribution in [3.8, 4) is 12.1 Å². The molecule has 1 heterocycles. The van der Waals surface area contributed by atoms with Gasteiger partial charge in [0, 0.05) is 20.1 Å². The van der Waals surface area contributed by atoms with E-state index in [0.29, 0.717) is 11.1 Å². The molecule has 128 valence electrons. The van der Waals surface area contributed by atoms with Crippen LogP contribution in [0.1, 0.15) is 21.8 Å². The van der Waals surface area contributed by atoms with E-state index in [0.717, 1.165) is 0 Å². The third-order valence-corrected chi connectivity index (χ3v) is 5.15. The summed E-state index contributed by atoms with van der Waals surface area (Å²) >= 11 is 0. The van der Waals surface area contributed by atoms with Crippen LogP contribution in [0.5, 0.6) is 0 Å². The van der Waals surface area contributed by atoms with Crippen LogP contribution in [0.25, 0.3) is 0 Å². The van der Waals surface area contributed by atoms with Gasteiger partial charge in [-0.1, -0.05) is 12.1 Å². The molecule has 8 heteroatoms. The van der Waals surface area contributed by atoms with Crippen LogP contribution in [-0.2, 0) is 14.2 Å². The molecule has 1 aliphatic heterocycles. The number of hydrogen-bond acceptors (Lipinski definition) is 8. The van der Waals surface area contributed by atoms with E-state index >= 15 is 0 Å². The number of esters is 1. The van der Waals surface area contributed by atoms with Gasteiger partial charge in [-0.3, -0.25) is 0 Å². The number of methoxy groups -OCH3 is 3. The summed E-state index contributed by atoms with van der Waals surface area (Å²) in [6.07, 6.45) is 0. The Morgan fingerprint density at radius 2 is 1.76 bits per heavy atom. The summed E-state index contributed by atoms with van der Waals surface area (Å²) in [7, 11) is 3.99. The smallest absolute Gasteiger partial charge is 0.337 e. The fraction of sp³-hybridized carbons (Fsp3) is 0.412. The number of hydrogen-bond donors (Lipinski definition) is 1. The zero-order valence-corrected chi connectivity index (χ0v) is 13.9. The number of fused-ring (bicyclic) bond motifs is 1. The minimum absolute atomic E-state index is 0.00212. The van der Waals surface area contributed by atoms with E-state index in [-0.39, 0.29) is 5.84 Å². The lowest BCUT2D eigenvalue weighted by atomic mass is 9.93. The summed E-state index contributed by atoms with van der Waals surface area (Å²) in [6.45, 7) is 0. The topological polar surface area (TPSA) is 131 Å². The molecule has 2 aliphatic rings. The molecule has 0 bridgehead atoms. The van der Waals surface area contributed by atoms with Gasteiger partial charge < -0.3 is 19.9 Å². The molecule has 0 saturated heterocycles. The van der Waals surface area contributed by atoms with Gasteiger partial charge in [0.25, 0.3) is 5.91 Å². The third kappa shape index (κ3) is 1.65. The standard InChI is InChI=1S/C17H16N4O4/c1-23-13(22)11-6-4-10(5-7-11)12-15(8-18)14(20)21-17(24-2,25-3)16(12,15)9-19/h4-7,12H,1-3H3,(H2,20,21)/t12-,15+,16+/m0/s1. The summed E-state index contributed by atoms with van der Waals surface area (Å²) in [5, 5.41) is 19.7. The molecule has 0 spiro atoms. The highest BCUT2D eigenvalue weighted by Gasteiger charge is 2.93. The Balaban J connectivity index is 2.13. The van der Waals surface area contributed by atoms with Crippen molar-refractivity contribution in [2.75, 3.05) is 21.3 Å². The molecule has 1 fully saturated rings. The van der Waals surface area contributed by atoms with Crippen LogP contribution < -0.4 is 5.73 Å². The molecule has 1 saturated carbocycles. The molecule has 1 aromatic carbocycles. The van der Waals surface area contributed by atoms with Crippen molar-refractivity contribution < 1.29 is 19.0 Å². The van der Waals surface area contributed by atoms with Crippen molar-refractivity contribution in [3.05, 3.63) is 35.4 Å². The Bertz CT molecular complexity index is 847. The van der Waals surface area contributed by atoms with E-state index in [1.54, 1.807) is 24.3 Å². The lowest BCUT2D eigenvalue weighted by Gasteiger charge is -2.29. The summed E-state index contributed by atoms with van der Waals surface area (Å²) in [5.41, 5.74) is 4.29. The largest absolute Gasteiger partial charge is 0.465 e. The first-order valence-corrected chi connectivity index (χ1v) is 7.41. The van der Waals surface area contributed by atoms with Gasteiger partial charge in [-0.05, 0) is 17.7 Å². The van der Waals surface area contributed by atoms with E-state index in [4.69, 9.17) is 15.2 Å². The minimum Gasteiger partial charge on any atom is -0.465 e. The van der Waals surface area contributed by atoms with Crippen molar-refractivity contribution in [3.63, 3.8) is 0 Å². The maximum atomic E-state index is 11.6. The summed E-state index contributed by atoms with van der Waals surface area (Å²) < 4.78 is 15.4. The summed E-state index contributed by atoms with van der Waals surface area (Å²) in [4.78, 5) is 15.7. The quantitative estimate of drug-likeness (QED) is 0.636. The van der Waals surface area contributed by atoms with E-state index in [2.05, 4.69) is 21.9 Å². The molecule has 1 aliphatic carbocycles. The van der Waals surface area contributed by atoms with Gasteiger partial charge in [0.1, 0.15) is 11.3 Å². The van der Waals surface area contributed by atoms with Gasteiger partial charge in [-0.2, -0.15) is 10.5 Å². The van der Waals surface area contributed by atoms with E-state index in [9.17, 15) is 15.3 Å². The van der Waals surface area contributed by atoms with Crippen molar-refractivity contribution in [2.24, 2.45) is 21.6 Å². The Morgan fingerprint density at radius 3 is 2.20 bits per heavy atom. The number of rotatable bonds is 4. The van der Waals surface area contributed by atoms with Gasteiger partial charge in [0.15, 0.2) is 5.41 Å². The van der Waals surface area contributed by atoms with Gasteiger partial charge in [0.2, 0.25) is 0 Å². The van der Waals surface area contributed by atoms with Gasteiger partial charge in [-0.25, -0.2) is 9.79 Å². The van der Waals surface area contributed by atoms with Crippen LogP contribution in [0.2, 0.25) is 0 Å². The fourth-order valence-corrected chi connectivity index (χ4v) is 3.95. The molecule has 0 unspecified atom stereocenters. The van der Waals surface area contributed by atoms with Crippen LogP contribution in [0, 0.1) is 33.5 Å². The number of nitrogens with zero attached hydrogens (tertiary/aromatic N) is 3. The minimum atomic E-state index is -1.66. The molecule has 0 amide bonds. The Kier molecular flexibility index (Phi) is 3.57. The molecule has 1 aromatic rings. The number of benzene rings is 1. The van der Waals surface area contributed by atoms with Gasteiger partial charge >= 0.3 is 5.97 Å². The highest BCUT2D eigenvalue weighted by atomic mass is 16.7. The van der Waals surface area contributed by atoms with Gasteiger partial charge in [0.05, 0.1) is 24.8 Å². The first-order chi connectivity index (χ1) is 11.9. The van der Waals surface area contributed by atoms with E-state index < -0.39 is 28.6 Å². The number of amidine groups is 1. The normalized spacial score (nSPS) is 31.2. The second-order valence-corrected chi connectivity index (χ2v) is 5.87. The number of aliphatic imine (C=N–C) groups is 1. The van der Waals surface area contributed by atoms with Gasteiger partial charge in [-0.15, -0.1) is 0 Å². The monoisotopic (exact) mass is 340 g/mol. The van der Waals surface area contributed by atoms with E-state index in [1.807, 2.05) is 0 Å². The first kappa shape index (κ1) is 16.9. The second kappa shape index (κ2) is 5.28. The number of nitrogens with two attached hydrogens (primary N) is 1. The summed E-state index contributed by atoms with van der Waals surface area (Å²) in [6, 6.07) is 10.8. The van der Waals surface area contributed by atoms with Crippen LogP contribution in [0.4, 0.5) is 0 Å². The van der Waals surface area contributed by atoms with Crippen LogP contribution in [0.15, 0.2) is 29.3 Å². The number of carbonyl (C=O) groups is 1. The van der Waals surface area contributed by atoms with Crippen LogP contribution >= 0.6 is 0 Å². The maximum absolute atomic E-state index is 11.6. The van der Waals surface area contributed by atoms with Crippen molar-refractivity contribution >= 4 is 11.8 Å². The third-order valence-electron chi connectivity index (χ3n) is 5.15. The second-order valence-electron chi connectivity index (χ2n) is 5.87. The average Bonchev–Trinajstić information content (AvgIpc) is 3.23. The highest BCUT2D eigenvalue weighted by Crippen LogP contribution is 2.81. The number of ether oxygens (including phenoxy) is 3. The zero-order valence-electron chi connectivity index (χ0n) is 13.9. The lowest BCUT2D eigenvalue weighted by molar-refractivity contribution is -0.230. The molecular formula is C17H16N4O4. The average molecular weight is 340 g/mol. The van der Waals surface area contributed by atoms with Crippen molar-refractivity contribution in [1.82, 2.24) is 0 Å². The molecule has 0 radical (unpaired) electrons. The molecule has 2 N–H and O–H groups in total. The van der Waals surface area contributed by atoms with Crippen LogP contribution in [-0.4, -0.2) is 39.0 Å². The summed E-state index contributed by atoms with van der Waals surface area (Å²) in [5.74, 6) is -2.73. The highest BCUT2D eigenvalue weighted by molar-refractivity contribution is 6.00. The Labute approximate surface area is 144 Å². The fourth-order valence-electron chi connectivity index (χ4n) is 3.95. The number of carbonyl (C=O) groups excluding carboxylic acids is 1. The maximum Gasteiger partial charge on any atom is 0.337 e. The molecule has 25 heavy (non-hydrogen) atoms. The predicted octanol–water partition coefficient (Wildman–Crippen LogP) is 0.908. The first-order valence-electron chi connectivity index (χ1n) is 7.41. The SMILES string of the molecule is COC(=O)c1ccc([C@H]2[C@]3(C#N)C(N)=NC(OC)(OC)[C@]23C#N)cc1. The van der Waals surface area contributed by atoms with Crippen molar-refractivity contribution in [1.29, 1.82) is 10.5 Å². The predicted molar refractivity (Wildman–Crippen MR) is 85.0 cm³/mol. The molecular weight excluding hydrogens is 324 g/mol. The van der Waals surface area contributed by atoms with Crippen molar-refractivity contribution in [2.45, 2.75) is 11.8 Å². The van der Waals surface area contributed by atoms with E-state index in [1.165, 1.54) is 21.3 Å². The molecule has 3 atom stereocenters. The molecule has 3 rings (SSSR count). The number of nitriles is 2. The molecule has 0 aromatic heterocycles. The zero-order chi connectivity index (χ0) is 18.5. The Morgan fingerprint density at radius 1 is 1.16 bits per heavy atom. The van der Waals surface area contributed by atoms with Crippen LogP contribution in [0.3, 0.4) is 0 Å². The lowest BCUT2D eigenvalue weighted by Crippen LogP contribution is -2.41. The Hall–Kier alpha value is -2.94.